The van der Waals surface area contributed by atoms with E-state index in [1.54, 1.807) is 0 Å². The van der Waals surface area contributed by atoms with Crippen LogP contribution in [0.25, 0.3) is 11.4 Å². The molecule has 3 aliphatic rings. The van der Waals surface area contributed by atoms with Crippen molar-refractivity contribution in [3.8, 4) is 11.4 Å². The summed E-state index contributed by atoms with van der Waals surface area (Å²) < 4.78 is 5.68. The van der Waals surface area contributed by atoms with Crippen molar-refractivity contribution in [2.75, 3.05) is 43.1 Å². The van der Waals surface area contributed by atoms with Crippen molar-refractivity contribution in [2.45, 2.75) is 51.6 Å². The van der Waals surface area contributed by atoms with Crippen LogP contribution < -0.4 is 15.5 Å². The van der Waals surface area contributed by atoms with Gasteiger partial charge in [0.15, 0.2) is 5.82 Å². The molecule has 3 aliphatic heterocycles. The van der Waals surface area contributed by atoms with Gasteiger partial charge in [-0.2, -0.15) is 0 Å². The molecule has 34 heavy (non-hydrogen) atoms. The number of aromatic nitrogens is 2. The minimum absolute atomic E-state index is 0.0144. The molecule has 2 atom stereocenters. The molecule has 2 fully saturated rings. The van der Waals surface area contributed by atoms with Crippen LogP contribution >= 0.6 is 0 Å². The van der Waals surface area contributed by atoms with E-state index in [-0.39, 0.29) is 24.0 Å². The van der Waals surface area contributed by atoms with Crippen LogP contribution in [0.2, 0.25) is 0 Å². The smallest absolute Gasteiger partial charge is 0.319 e. The van der Waals surface area contributed by atoms with E-state index in [4.69, 9.17) is 14.7 Å². The summed E-state index contributed by atoms with van der Waals surface area (Å²) in [5, 5.41) is 5.56. The van der Waals surface area contributed by atoms with Crippen LogP contribution in [-0.2, 0) is 16.0 Å². The number of morpholine rings is 1. The van der Waals surface area contributed by atoms with Crippen molar-refractivity contribution >= 4 is 23.4 Å². The number of rotatable bonds is 4. The number of nitrogens with zero attached hydrogens (tertiary/aromatic N) is 4. The molecule has 1 aromatic heterocycles. The third kappa shape index (κ3) is 4.32. The van der Waals surface area contributed by atoms with Crippen LogP contribution in [0.15, 0.2) is 24.3 Å². The number of urea groups is 1. The van der Waals surface area contributed by atoms with Crippen molar-refractivity contribution < 1.29 is 14.3 Å². The van der Waals surface area contributed by atoms with Gasteiger partial charge in [0, 0.05) is 42.9 Å². The van der Waals surface area contributed by atoms with Crippen LogP contribution in [-0.4, -0.2) is 65.7 Å². The second-order valence-corrected chi connectivity index (χ2v) is 9.16. The first kappa shape index (κ1) is 22.6. The lowest BCUT2D eigenvalue weighted by molar-refractivity contribution is -0.137. The highest BCUT2D eigenvalue weighted by Gasteiger charge is 2.38. The monoisotopic (exact) mass is 464 g/mol. The van der Waals surface area contributed by atoms with E-state index in [1.165, 1.54) is 5.56 Å². The van der Waals surface area contributed by atoms with E-state index in [0.29, 0.717) is 37.7 Å². The zero-order valence-corrected chi connectivity index (χ0v) is 19.8. The van der Waals surface area contributed by atoms with Gasteiger partial charge in [-0.1, -0.05) is 0 Å². The third-order valence-electron chi connectivity index (χ3n) is 6.88. The number of amides is 3. The van der Waals surface area contributed by atoms with Crippen LogP contribution in [0, 0.1) is 0 Å². The molecule has 0 bridgehead atoms. The highest BCUT2D eigenvalue weighted by atomic mass is 16.5. The van der Waals surface area contributed by atoms with Crippen LogP contribution in [0.3, 0.4) is 0 Å². The first-order valence-corrected chi connectivity index (χ1v) is 12.2. The molecule has 2 saturated heterocycles. The van der Waals surface area contributed by atoms with Crippen LogP contribution in [0.5, 0.6) is 0 Å². The first-order valence-electron chi connectivity index (χ1n) is 12.2. The summed E-state index contributed by atoms with van der Waals surface area (Å²) in [5.74, 6) is 1.85. The maximum atomic E-state index is 12.6. The van der Waals surface area contributed by atoms with Crippen LogP contribution in [0.4, 0.5) is 16.3 Å². The summed E-state index contributed by atoms with van der Waals surface area (Å²) in [6.45, 7) is 7.46. The molecule has 0 saturated carbocycles. The average Bonchev–Trinajstić information content (AvgIpc) is 2.84. The molecule has 5 rings (SSSR count). The van der Waals surface area contributed by atoms with Gasteiger partial charge in [0.05, 0.1) is 31.0 Å². The molecule has 180 valence electrons. The molecule has 0 aliphatic carbocycles. The van der Waals surface area contributed by atoms with E-state index >= 15 is 0 Å². The maximum Gasteiger partial charge on any atom is 0.319 e. The number of nitrogens with one attached hydrogen (secondary N) is 2. The summed E-state index contributed by atoms with van der Waals surface area (Å²) in [6.07, 6.45) is 3.22. The van der Waals surface area contributed by atoms with Crippen molar-refractivity contribution in [3.05, 3.63) is 35.5 Å². The predicted octanol–water partition coefficient (Wildman–Crippen LogP) is 3.12. The van der Waals surface area contributed by atoms with Gasteiger partial charge in [-0.15, -0.1) is 0 Å². The van der Waals surface area contributed by atoms with Gasteiger partial charge in [-0.25, -0.2) is 14.8 Å². The number of carbonyl (C=O) groups is 2. The normalized spacial score (nSPS) is 22.1. The summed E-state index contributed by atoms with van der Waals surface area (Å²) >= 11 is 0. The lowest BCUT2D eigenvalue weighted by Crippen LogP contribution is -2.47. The first-order chi connectivity index (χ1) is 16.5. The van der Waals surface area contributed by atoms with E-state index < -0.39 is 0 Å². The highest BCUT2D eigenvalue weighted by molar-refractivity contribution is 5.89. The summed E-state index contributed by atoms with van der Waals surface area (Å²) in [6, 6.07) is 7.59. The van der Waals surface area contributed by atoms with Gasteiger partial charge in [-0.3, -0.25) is 4.79 Å². The van der Waals surface area contributed by atoms with Crippen LogP contribution in [0.1, 0.15) is 50.4 Å². The molecule has 2 aromatic rings. The maximum absolute atomic E-state index is 12.6. The quantitative estimate of drug-likeness (QED) is 0.721. The topological polar surface area (TPSA) is 99.7 Å². The lowest BCUT2D eigenvalue weighted by Gasteiger charge is -2.42. The Hall–Kier alpha value is -3.20. The van der Waals surface area contributed by atoms with Crippen molar-refractivity contribution in [3.63, 3.8) is 0 Å². The molecule has 4 heterocycles. The number of ether oxygens (including phenoxy) is 1. The number of carbonyl (C=O) groups excluding carboxylic acids is 2. The Morgan fingerprint density at radius 2 is 1.97 bits per heavy atom. The Kier molecular flexibility index (Phi) is 6.36. The zero-order valence-electron chi connectivity index (χ0n) is 19.8. The molecule has 3 amide bonds. The van der Waals surface area contributed by atoms with E-state index in [2.05, 4.69) is 22.5 Å². The molecule has 1 aromatic carbocycles. The highest BCUT2D eigenvalue weighted by Crippen LogP contribution is 2.40. The summed E-state index contributed by atoms with van der Waals surface area (Å²) in [5.41, 5.74) is 3.75. The fraction of sp³-hybridized carbons (Fsp3) is 0.520. The van der Waals surface area contributed by atoms with Crippen molar-refractivity contribution in [1.29, 1.82) is 0 Å². The molecule has 0 spiro atoms. The largest absolute Gasteiger partial charge is 0.377 e. The van der Waals surface area contributed by atoms with Gasteiger partial charge in [0.2, 0.25) is 5.91 Å². The fourth-order valence-electron chi connectivity index (χ4n) is 5.17. The SMILES string of the molecule is CCNC(=O)Nc1ccc(-c2nc3c(c(N4CCOC[C@@H]4C)n2)CCN2C(=O)CCCC32)cc1. The molecule has 1 unspecified atom stereocenters. The summed E-state index contributed by atoms with van der Waals surface area (Å²) in [7, 11) is 0. The Labute approximate surface area is 199 Å². The minimum Gasteiger partial charge on any atom is -0.377 e. The molecule has 9 nitrogen and oxygen atoms in total. The van der Waals surface area contributed by atoms with E-state index in [1.807, 2.05) is 36.1 Å². The third-order valence-corrected chi connectivity index (χ3v) is 6.88. The molecular weight excluding hydrogens is 432 g/mol. The molecule has 0 radical (unpaired) electrons. The van der Waals surface area contributed by atoms with E-state index in [9.17, 15) is 9.59 Å². The molecule has 2 N–H and O–H groups in total. The second kappa shape index (κ2) is 9.58. The number of piperidine rings is 1. The number of benzene rings is 1. The molecule has 9 heteroatoms. The Morgan fingerprint density at radius 1 is 1.15 bits per heavy atom. The number of hydrogen-bond donors (Lipinski definition) is 2. The van der Waals surface area contributed by atoms with Gasteiger partial charge in [0.25, 0.3) is 0 Å². The lowest BCUT2D eigenvalue weighted by atomic mass is 9.90. The standard InChI is InChI=1S/C25H32N6O3/c1-3-26-25(33)27-18-9-7-17(8-10-18)23-28-22-19(11-12-31-20(22)5-4-6-21(31)32)24(29-23)30-13-14-34-15-16(30)2/h7-10,16,20H,3-6,11-15H2,1-2H3,(H2,26,27,33)/t16-,20?/m0/s1. The number of anilines is 2. The van der Waals surface area contributed by atoms with Crippen molar-refractivity contribution in [2.24, 2.45) is 0 Å². The summed E-state index contributed by atoms with van der Waals surface area (Å²) in [4.78, 5) is 38.9. The van der Waals surface area contributed by atoms with Crippen molar-refractivity contribution in [1.82, 2.24) is 20.2 Å². The molecular formula is C25H32N6O3. The van der Waals surface area contributed by atoms with E-state index in [0.717, 1.165) is 49.4 Å². The Balaban J connectivity index is 1.54. The predicted molar refractivity (Wildman–Crippen MR) is 130 cm³/mol. The van der Waals surface area contributed by atoms with Gasteiger partial charge >= 0.3 is 6.03 Å². The average molecular weight is 465 g/mol. The zero-order chi connectivity index (χ0) is 23.7. The minimum atomic E-state index is -0.231. The Bertz CT molecular complexity index is 1070. The second-order valence-electron chi connectivity index (χ2n) is 9.16. The van der Waals surface area contributed by atoms with Gasteiger partial charge < -0.3 is 25.2 Å². The Morgan fingerprint density at radius 3 is 2.74 bits per heavy atom. The van der Waals surface area contributed by atoms with Gasteiger partial charge in [-0.05, 0) is 57.4 Å². The fourth-order valence-corrected chi connectivity index (χ4v) is 5.17. The van der Waals surface area contributed by atoms with Gasteiger partial charge in [0.1, 0.15) is 5.82 Å². The number of fused-ring (bicyclic) bond motifs is 3. The number of hydrogen-bond acceptors (Lipinski definition) is 6.